The molecule has 0 radical (unpaired) electrons. The molecule has 6 rings (SSSR count). The number of carbonyl (C=O) groups excluding carboxylic acids is 3. The molecule has 5 aromatic carbocycles. The Morgan fingerprint density at radius 1 is 0.662 bits per heavy atom. The summed E-state index contributed by atoms with van der Waals surface area (Å²) in [5.74, 6) is -5.87. The Kier molecular flexibility index (Phi) is 15.2. The first-order valence-electron chi connectivity index (χ1n) is 19.7. The summed E-state index contributed by atoms with van der Waals surface area (Å²) < 4.78 is 96.7. The average Bonchev–Trinajstić information content (AvgIpc) is 3.60. The van der Waals surface area contributed by atoms with Gasteiger partial charge in [-0.2, -0.15) is 47.4 Å². The van der Waals surface area contributed by atoms with E-state index in [-0.39, 0.29) is 55.7 Å². The van der Waals surface area contributed by atoms with Crippen LogP contribution >= 0.6 is 0 Å². The lowest BCUT2D eigenvalue weighted by atomic mass is 10.1. The van der Waals surface area contributed by atoms with E-state index in [9.17, 15) is 68.5 Å². The number of aromatic hydroxyl groups is 1. The molecule has 1 aliphatic rings. The number of carboxylic acid groups (broad SMARTS) is 2. The molecule has 0 saturated heterocycles. The normalized spacial score (nSPS) is 14.4. The quantitative estimate of drug-likeness (QED) is 0.0237. The van der Waals surface area contributed by atoms with Crippen molar-refractivity contribution < 1.29 is 73.7 Å². The zero-order valence-corrected chi connectivity index (χ0v) is 38.7. The maximum Gasteiger partial charge on any atom is 0.339 e. The minimum atomic E-state index is -5.07. The number of hydrazone groups is 1. The van der Waals surface area contributed by atoms with Crippen LogP contribution in [0.25, 0.3) is 12.2 Å². The lowest BCUT2D eigenvalue weighted by Crippen LogP contribution is -2.29. The Labute approximate surface area is 401 Å². The number of aromatic carboxylic acids is 2. The largest absolute Gasteiger partial charge is 0.507 e. The molecule has 25 nitrogen and oxygen atoms in total. The van der Waals surface area contributed by atoms with Gasteiger partial charge in [0.2, 0.25) is 21.8 Å². The van der Waals surface area contributed by atoms with Crippen LogP contribution < -0.4 is 20.4 Å². The van der Waals surface area contributed by atoms with Gasteiger partial charge < -0.3 is 26.0 Å². The summed E-state index contributed by atoms with van der Waals surface area (Å²) in [6.45, 7) is 1.37. The van der Waals surface area contributed by atoms with Crippen LogP contribution in [0, 0.1) is 0 Å². The van der Waals surface area contributed by atoms with Gasteiger partial charge in [0.25, 0.3) is 26.1 Å². The Morgan fingerprint density at radius 3 is 1.80 bits per heavy atom. The number of hydrogen-bond donors (Lipinski definition) is 8. The minimum Gasteiger partial charge on any atom is -0.507 e. The molecule has 8 N–H and O–H groups in total. The van der Waals surface area contributed by atoms with Gasteiger partial charge in [0.15, 0.2) is 6.04 Å². The third-order valence-electron chi connectivity index (χ3n) is 9.69. The van der Waals surface area contributed by atoms with Gasteiger partial charge in [-0.1, -0.05) is 24.3 Å². The van der Waals surface area contributed by atoms with E-state index < -0.39 is 87.1 Å². The molecule has 3 amide bonds. The lowest BCUT2D eigenvalue weighted by molar-refractivity contribution is -0.118. The highest BCUT2D eigenvalue weighted by Crippen LogP contribution is 2.32. The van der Waals surface area contributed by atoms with E-state index in [4.69, 9.17) is 5.11 Å². The fraction of sp³-hybridized carbons (Fsp3) is 0.0698. The predicted molar refractivity (Wildman–Crippen MR) is 252 cm³/mol. The number of amides is 3. The van der Waals surface area contributed by atoms with Crippen LogP contribution in [-0.4, -0.2) is 98.1 Å². The fourth-order valence-electron chi connectivity index (χ4n) is 6.23. The Bertz CT molecular complexity index is 3540. The molecule has 0 bridgehead atoms. The van der Waals surface area contributed by atoms with Gasteiger partial charge in [0.05, 0.1) is 38.9 Å². The van der Waals surface area contributed by atoms with Gasteiger partial charge >= 0.3 is 11.9 Å². The van der Waals surface area contributed by atoms with Crippen molar-refractivity contribution in [1.82, 2.24) is 4.72 Å². The number of anilines is 3. The second-order valence-electron chi connectivity index (χ2n) is 14.5. The van der Waals surface area contributed by atoms with Gasteiger partial charge in [-0.05, 0) is 110 Å². The molecule has 0 aliphatic carbocycles. The number of carboxylic acids is 2. The third-order valence-corrected chi connectivity index (χ3v) is 12.9. The number of rotatable bonds is 17. The van der Waals surface area contributed by atoms with Gasteiger partial charge in [0, 0.05) is 23.5 Å². The smallest absolute Gasteiger partial charge is 0.339 e. The SMILES string of the molecule is CNS(=O)(=O)c1ccc(N=NC2C(=O)N(c3ccc(/C=C/c4ccc(NC(=O)/C=C/C(=O)Nc5ccc(N=Nc6ccc(O)c(C(=O)O)c6)cc5)cc4S(=O)(=O)O)c(S(=O)(=O)O)c3)N=C2C)c(C(=O)O)c1. The molecule has 1 atom stereocenters. The van der Waals surface area contributed by atoms with Crippen molar-refractivity contribution in [3.8, 4) is 5.75 Å². The first kappa shape index (κ1) is 51.7. The highest BCUT2D eigenvalue weighted by Gasteiger charge is 2.36. The summed E-state index contributed by atoms with van der Waals surface area (Å²) in [6.07, 6.45) is 3.83. The summed E-state index contributed by atoms with van der Waals surface area (Å²) in [6, 6.07) is 17.5. The molecule has 1 aliphatic heterocycles. The van der Waals surface area contributed by atoms with Gasteiger partial charge in [-0.15, -0.1) is 0 Å². The molecular weight excluding hydrogens is 995 g/mol. The molecule has 0 saturated carbocycles. The van der Waals surface area contributed by atoms with Gasteiger partial charge in [-0.3, -0.25) is 23.5 Å². The van der Waals surface area contributed by atoms with E-state index in [1.165, 1.54) is 49.4 Å². The van der Waals surface area contributed by atoms with Crippen LogP contribution in [-0.2, 0) is 44.6 Å². The molecule has 1 heterocycles. The second kappa shape index (κ2) is 20.9. The average molecular weight is 1030 g/mol. The number of phenols is 1. The summed E-state index contributed by atoms with van der Waals surface area (Å²) in [5.41, 5.74) is -1.25. The monoisotopic (exact) mass is 1030 g/mol. The second-order valence-corrected chi connectivity index (χ2v) is 19.2. The molecule has 366 valence electrons. The first-order valence-corrected chi connectivity index (χ1v) is 24.1. The lowest BCUT2D eigenvalue weighted by Gasteiger charge is -2.15. The number of carbonyl (C=O) groups is 5. The van der Waals surface area contributed by atoms with E-state index in [1.807, 2.05) is 0 Å². The molecule has 1 unspecified atom stereocenters. The molecule has 71 heavy (non-hydrogen) atoms. The minimum absolute atomic E-state index is 0.0250. The van der Waals surface area contributed by atoms with Gasteiger partial charge in [0.1, 0.15) is 21.1 Å². The maximum absolute atomic E-state index is 13.5. The van der Waals surface area contributed by atoms with E-state index in [0.29, 0.717) is 5.69 Å². The molecule has 5 aromatic rings. The van der Waals surface area contributed by atoms with Gasteiger partial charge in [-0.25, -0.2) is 22.7 Å². The van der Waals surface area contributed by atoms with E-state index in [0.717, 1.165) is 91.0 Å². The third kappa shape index (κ3) is 12.7. The zero-order chi connectivity index (χ0) is 52.0. The van der Waals surface area contributed by atoms with Crippen molar-refractivity contribution in [2.24, 2.45) is 25.6 Å². The Hall–Kier alpha value is -8.67. The zero-order valence-electron chi connectivity index (χ0n) is 36.3. The molecular formula is C43H35N9O16S3. The van der Waals surface area contributed by atoms with E-state index >= 15 is 0 Å². The fourth-order valence-corrected chi connectivity index (χ4v) is 8.39. The first-order chi connectivity index (χ1) is 33.3. The Balaban J connectivity index is 1.13. The number of azo groups is 2. The van der Waals surface area contributed by atoms with Crippen LogP contribution in [0.1, 0.15) is 38.8 Å². The van der Waals surface area contributed by atoms with Crippen LogP contribution in [0.4, 0.5) is 34.1 Å². The van der Waals surface area contributed by atoms with Crippen molar-refractivity contribution >= 4 is 112 Å². The van der Waals surface area contributed by atoms with Crippen LogP contribution in [0.5, 0.6) is 5.75 Å². The number of nitrogens with zero attached hydrogens (tertiary/aromatic N) is 6. The van der Waals surface area contributed by atoms with Crippen molar-refractivity contribution in [2.75, 3.05) is 22.7 Å². The van der Waals surface area contributed by atoms with Crippen LogP contribution in [0.15, 0.2) is 149 Å². The highest BCUT2D eigenvalue weighted by atomic mass is 32.2. The summed E-state index contributed by atoms with van der Waals surface area (Å²) in [7, 11) is -13.0. The van der Waals surface area contributed by atoms with E-state index in [2.05, 4.69) is 40.9 Å². The van der Waals surface area contributed by atoms with Crippen molar-refractivity contribution in [3.05, 3.63) is 131 Å². The predicted octanol–water partition coefficient (Wildman–Crippen LogP) is 5.78. The maximum atomic E-state index is 13.5. The summed E-state index contributed by atoms with van der Waals surface area (Å²) in [4.78, 5) is 59.9. The molecule has 28 heteroatoms. The standard InChI is InChI=1S/C43H35N9O16S3/c1-23-40(50-49-34-15-14-31(69(61,62)44-2)22-32(34)42(57)58)41(56)52(51-23)30-13-6-25(37(21-30)71(66,67)68)4-3-24-5-7-28(20-36(24)70(63,64)65)46-39(55)18-17-38(54)45-26-8-10-27(11-9-26)47-48-29-12-16-35(53)33(19-29)43(59)60/h3-22,40,44,53H,1-2H3,(H,45,54)(H,46,55)(H,57,58)(H,59,60)(H,63,64,65)(H,66,67,68)/b4-3+,18-17+,48-47?,50-49?. The van der Waals surface area contributed by atoms with Crippen molar-refractivity contribution in [3.63, 3.8) is 0 Å². The Morgan fingerprint density at radius 2 is 1.21 bits per heavy atom. The highest BCUT2D eigenvalue weighted by molar-refractivity contribution is 7.89. The summed E-state index contributed by atoms with van der Waals surface area (Å²) in [5, 5.41) is 53.8. The molecule has 0 fully saturated rings. The van der Waals surface area contributed by atoms with Crippen LogP contribution in [0.2, 0.25) is 0 Å². The molecule has 0 aromatic heterocycles. The van der Waals surface area contributed by atoms with E-state index in [1.54, 1.807) is 0 Å². The van der Waals surface area contributed by atoms with Crippen LogP contribution in [0.3, 0.4) is 0 Å². The number of hydrogen-bond acceptors (Lipinski definition) is 17. The number of sulfonamides is 1. The summed E-state index contributed by atoms with van der Waals surface area (Å²) >= 11 is 0. The number of nitrogens with one attached hydrogen (secondary N) is 3. The van der Waals surface area contributed by atoms with Crippen molar-refractivity contribution in [2.45, 2.75) is 27.7 Å². The molecule has 0 spiro atoms. The number of benzene rings is 5. The topological polar surface area (TPSA) is 390 Å². The van der Waals surface area contributed by atoms with Crippen molar-refractivity contribution in [1.29, 1.82) is 0 Å².